The van der Waals surface area contributed by atoms with Crippen molar-refractivity contribution in [2.45, 2.75) is 29.2 Å². The van der Waals surface area contributed by atoms with E-state index in [1.54, 1.807) is 24.9 Å². The van der Waals surface area contributed by atoms with E-state index in [4.69, 9.17) is 9.47 Å². The normalized spacial score (nSPS) is 11.5. The molecule has 0 unspecified atom stereocenters. The van der Waals surface area contributed by atoms with Gasteiger partial charge >= 0.3 is 0 Å². The molecule has 0 aromatic heterocycles. The van der Waals surface area contributed by atoms with Crippen LogP contribution >= 0.6 is 11.8 Å². The van der Waals surface area contributed by atoms with Crippen LogP contribution in [0.5, 0.6) is 11.5 Å². The van der Waals surface area contributed by atoms with E-state index in [0.717, 1.165) is 15.5 Å². The second-order valence-corrected chi connectivity index (χ2v) is 7.18. The summed E-state index contributed by atoms with van der Waals surface area (Å²) >= 11 is 1.61. The lowest BCUT2D eigenvalue weighted by Crippen LogP contribution is -2.32. The molecule has 0 fully saturated rings. The molecule has 0 aliphatic carbocycles. The molecule has 0 spiro atoms. The number of nitrogens with one attached hydrogen (secondary N) is 1. The van der Waals surface area contributed by atoms with E-state index >= 15 is 0 Å². The number of rotatable bonds is 8. The number of hydrogen-bond donors (Lipinski definition) is 1. The van der Waals surface area contributed by atoms with Gasteiger partial charge in [-0.05, 0) is 42.8 Å². The van der Waals surface area contributed by atoms with Gasteiger partial charge in [0.2, 0.25) is 0 Å². The Morgan fingerprint density at radius 2 is 1.57 bits per heavy atom. The second kappa shape index (κ2) is 9.85. The highest BCUT2D eigenvalue weighted by Crippen LogP contribution is 2.33. The SMILES string of the molecule is CC[C@@H](Oc1ccccc1OC)C(=O)Nc1ccccc1Sc1ccccc1. The molecule has 1 N–H and O–H groups in total. The lowest BCUT2D eigenvalue weighted by atomic mass is 10.2. The standard InChI is InChI=1S/C23H23NO3S/c1-3-19(27-21-15-9-8-14-20(21)26-2)23(25)24-18-13-7-10-16-22(18)28-17-11-5-4-6-12-17/h4-16,19H,3H2,1-2H3,(H,24,25)/t19-/m1/s1. The zero-order valence-corrected chi connectivity index (χ0v) is 16.7. The molecule has 0 heterocycles. The smallest absolute Gasteiger partial charge is 0.265 e. The summed E-state index contributed by atoms with van der Waals surface area (Å²) in [5.41, 5.74) is 0.767. The fraction of sp³-hybridized carbons (Fsp3) is 0.174. The summed E-state index contributed by atoms with van der Waals surface area (Å²) in [7, 11) is 1.58. The van der Waals surface area contributed by atoms with E-state index in [9.17, 15) is 4.79 Å². The van der Waals surface area contributed by atoms with Crippen molar-refractivity contribution in [1.82, 2.24) is 0 Å². The number of anilines is 1. The molecule has 1 amide bonds. The highest BCUT2D eigenvalue weighted by atomic mass is 32.2. The monoisotopic (exact) mass is 393 g/mol. The van der Waals surface area contributed by atoms with Crippen molar-refractivity contribution in [1.29, 1.82) is 0 Å². The first-order valence-electron chi connectivity index (χ1n) is 9.13. The number of ether oxygens (including phenoxy) is 2. The molecule has 3 rings (SSSR count). The van der Waals surface area contributed by atoms with E-state index in [2.05, 4.69) is 5.32 Å². The fourth-order valence-electron chi connectivity index (χ4n) is 2.68. The number of carbonyl (C=O) groups excluding carboxylic acids is 1. The third kappa shape index (κ3) is 5.08. The quantitative estimate of drug-likeness (QED) is 0.538. The predicted octanol–water partition coefficient (Wildman–Crippen LogP) is 5.64. The van der Waals surface area contributed by atoms with E-state index in [0.29, 0.717) is 17.9 Å². The van der Waals surface area contributed by atoms with Gasteiger partial charge in [-0.15, -0.1) is 0 Å². The summed E-state index contributed by atoms with van der Waals surface area (Å²) in [6.45, 7) is 1.92. The van der Waals surface area contributed by atoms with Crippen LogP contribution in [-0.2, 0) is 4.79 Å². The Morgan fingerprint density at radius 3 is 2.29 bits per heavy atom. The molecule has 0 aliphatic heterocycles. The second-order valence-electron chi connectivity index (χ2n) is 6.07. The van der Waals surface area contributed by atoms with E-state index in [-0.39, 0.29) is 5.91 Å². The van der Waals surface area contributed by atoms with Crippen LogP contribution in [0.4, 0.5) is 5.69 Å². The van der Waals surface area contributed by atoms with Crippen LogP contribution in [0.15, 0.2) is 88.7 Å². The van der Waals surface area contributed by atoms with Gasteiger partial charge in [0.05, 0.1) is 12.8 Å². The first kappa shape index (κ1) is 19.8. The maximum Gasteiger partial charge on any atom is 0.265 e. The minimum atomic E-state index is -0.619. The number of methoxy groups -OCH3 is 1. The number of hydrogen-bond acceptors (Lipinski definition) is 4. The van der Waals surface area contributed by atoms with Crippen molar-refractivity contribution in [2.75, 3.05) is 12.4 Å². The number of benzene rings is 3. The maximum atomic E-state index is 12.9. The van der Waals surface area contributed by atoms with Crippen molar-refractivity contribution >= 4 is 23.4 Å². The molecule has 5 heteroatoms. The van der Waals surface area contributed by atoms with Crippen LogP contribution in [0.25, 0.3) is 0 Å². The zero-order chi connectivity index (χ0) is 19.8. The Balaban J connectivity index is 1.74. The minimum Gasteiger partial charge on any atom is -0.493 e. The van der Waals surface area contributed by atoms with Crippen LogP contribution < -0.4 is 14.8 Å². The molecular weight excluding hydrogens is 370 g/mol. The summed E-state index contributed by atoms with van der Waals surface area (Å²) in [5.74, 6) is 0.974. The van der Waals surface area contributed by atoms with Crippen LogP contribution in [0.1, 0.15) is 13.3 Å². The van der Waals surface area contributed by atoms with Gasteiger partial charge in [-0.1, -0.05) is 61.2 Å². The molecule has 3 aromatic carbocycles. The van der Waals surface area contributed by atoms with E-state index < -0.39 is 6.10 Å². The number of para-hydroxylation sites is 3. The predicted molar refractivity (Wildman–Crippen MR) is 113 cm³/mol. The Bertz CT molecular complexity index is 914. The first-order valence-corrected chi connectivity index (χ1v) is 9.95. The molecule has 0 bridgehead atoms. The molecule has 28 heavy (non-hydrogen) atoms. The van der Waals surface area contributed by atoms with Crippen LogP contribution in [0.2, 0.25) is 0 Å². The molecular formula is C23H23NO3S. The molecule has 4 nitrogen and oxygen atoms in total. The molecule has 0 aliphatic rings. The average Bonchev–Trinajstić information content (AvgIpc) is 2.74. The molecule has 0 saturated heterocycles. The Morgan fingerprint density at radius 1 is 0.929 bits per heavy atom. The number of amides is 1. The van der Waals surface area contributed by atoms with Gasteiger partial charge in [0, 0.05) is 9.79 Å². The molecule has 3 aromatic rings. The van der Waals surface area contributed by atoms with Crippen LogP contribution in [0, 0.1) is 0 Å². The average molecular weight is 394 g/mol. The van der Waals surface area contributed by atoms with Crippen LogP contribution in [-0.4, -0.2) is 19.1 Å². The lowest BCUT2D eigenvalue weighted by Gasteiger charge is -2.19. The molecule has 0 saturated carbocycles. The fourth-order valence-corrected chi connectivity index (χ4v) is 3.60. The zero-order valence-electron chi connectivity index (χ0n) is 15.9. The van der Waals surface area contributed by atoms with Crippen molar-refractivity contribution in [2.24, 2.45) is 0 Å². The van der Waals surface area contributed by atoms with Gasteiger partial charge in [-0.25, -0.2) is 0 Å². The Labute approximate surface area is 169 Å². The van der Waals surface area contributed by atoms with Gasteiger partial charge in [-0.2, -0.15) is 0 Å². The lowest BCUT2D eigenvalue weighted by molar-refractivity contribution is -0.122. The van der Waals surface area contributed by atoms with E-state index in [1.165, 1.54) is 0 Å². The Kier molecular flexibility index (Phi) is 6.98. The third-order valence-electron chi connectivity index (χ3n) is 4.12. The largest absolute Gasteiger partial charge is 0.493 e. The first-order chi connectivity index (χ1) is 13.7. The van der Waals surface area contributed by atoms with Crippen molar-refractivity contribution < 1.29 is 14.3 Å². The van der Waals surface area contributed by atoms with Crippen molar-refractivity contribution in [3.8, 4) is 11.5 Å². The Hall–Kier alpha value is -2.92. The molecule has 0 radical (unpaired) electrons. The summed E-state index contributed by atoms with van der Waals surface area (Å²) in [4.78, 5) is 15.0. The molecule has 144 valence electrons. The summed E-state index contributed by atoms with van der Waals surface area (Å²) < 4.78 is 11.2. The summed E-state index contributed by atoms with van der Waals surface area (Å²) in [6, 6.07) is 25.2. The van der Waals surface area contributed by atoms with Gasteiger partial charge in [-0.3, -0.25) is 4.79 Å². The highest BCUT2D eigenvalue weighted by Gasteiger charge is 2.21. The third-order valence-corrected chi connectivity index (χ3v) is 5.20. The maximum absolute atomic E-state index is 12.9. The van der Waals surface area contributed by atoms with Gasteiger partial charge in [0.25, 0.3) is 5.91 Å². The minimum absolute atomic E-state index is 0.186. The van der Waals surface area contributed by atoms with E-state index in [1.807, 2.05) is 79.7 Å². The summed E-state index contributed by atoms with van der Waals surface area (Å²) in [6.07, 6.45) is -0.0798. The van der Waals surface area contributed by atoms with Gasteiger partial charge in [0.1, 0.15) is 0 Å². The van der Waals surface area contributed by atoms with Gasteiger partial charge in [0.15, 0.2) is 17.6 Å². The van der Waals surface area contributed by atoms with Crippen molar-refractivity contribution in [3.05, 3.63) is 78.9 Å². The highest BCUT2D eigenvalue weighted by molar-refractivity contribution is 7.99. The molecule has 1 atom stereocenters. The number of carbonyl (C=O) groups is 1. The van der Waals surface area contributed by atoms with Crippen molar-refractivity contribution in [3.63, 3.8) is 0 Å². The summed E-state index contributed by atoms with van der Waals surface area (Å²) in [5, 5.41) is 3.01. The topological polar surface area (TPSA) is 47.6 Å². The van der Waals surface area contributed by atoms with Crippen LogP contribution in [0.3, 0.4) is 0 Å². The van der Waals surface area contributed by atoms with Gasteiger partial charge < -0.3 is 14.8 Å².